The summed E-state index contributed by atoms with van der Waals surface area (Å²) in [5.74, 6) is -0.978. The molecule has 0 heterocycles. The van der Waals surface area contributed by atoms with Gasteiger partial charge in [0.15, 0.2) is 0 Å². The number of benzene rings is 2. The zero-order valence-corrected chi connectivity index (χ0v) is 14.2. The van der Waals surface area contributed by atoms with Crippen LogP contribution in [0.25, 0.3) is 0 Å². The van der Waals surface area contributed by atoms with Crippen molar-refractivity contribution in [2.45, 2.75) is 30.8 Å². The molecule has 128 valence electrons. The Labute approximate surface area is 141 Å². The van der Waals surface area contributed by atoms with Gasteiger partial charge in [0, 0.05) is 0 Å². The lowest BCUT2D eigenvalue weighted by Crippen LogP contribution is -2.45. The second kappa shape index (κ2) is 7.55. The van der Waals surface area contributed by atoms with E-state index in [9.17, 15) is 17.6 Å². The third-order valence-electron chi connectivity index (χ3n) is 3.51. The fourth-order valence-corrected chi connectivity index (χ4v) is 3.33. The zero-order valence-electron chi connectivity index (χ0n) is 13.4. The van der Waals surface area contributed by atoms with Crippen LogP contribution in [0.3, 0.4) is 0 Å². The molecule has 0 bridgehead atoms. The number of rotatable bonds is 6. The Morgan fingerprint density at radius 1 is 1.00 bits per heavy atom. The van der Waals surface area contributed by atoms with Gasteiger partial charge in [0.1, 0.15) is 5.82 Å². The Hall–Kier alpha value is -2.25. The Balaban J connectivity index is 2.02. The van der Waals surface area contributed by atoms with Crippen molar-refractivity contribution >= 4 is 15.9 Å². The van der Waals surface area contributed by atoms with Crippen LogP contribution >= 0.6 is 0 Å². The van der Waals surface area contributed by atoms with Gasteiger partial charge in [-0.2, -0.15) is 4.72 Å². The normalized spacial score (nSPS) is 14.0. The summed E-state index contributed by atoms with van der Waals surface area (Å²) in [5, 5.41) is 2.75. The molecule has 0 unspecified atom stereocenters. The molecule has 7 heteroatoms. The second-order valence-electron chi connectivity index (χ2n) is 5.44. The van der Waals surface area contributed by atoms with Crippen LogP contribution in [-0.4, -0.2) is 20.4 Å². The van der Waals surface area contributed by atoms with Crippen LogP contribution in [0.2, 0.25) is 0 Å². The maximum absolute atomic E-state index is 12.9. The molecule has 0 saturated carbocycles. The molecule has 2 aromatic rings. The van der Waals surface area contributed by atoms with Gasteiger partial charge in [0.2, 0.25) is 15.9 Å². The molecule has 24 heavy (non-hydrogen) atoms. The average molecular weight is 350 g/mol. The number of amides is 1. The molecule has 0 aromatic heterocycles. The van der Waals surface area contributed by atoms with Crippen LogP contribution in [-0.2, 0) is 14.8 Å². The van der Waals surface area contributed by atoms with Crippen LogP contribution in [0, 0.1) is 5.82 Å². The van der Waals surface area contributed by atoms with E-state index in [0.29, 0.717) is 0 Å². The molecule has 1 amide bonds. The van der Waals surface area contributed by atoms with E-state index in [1.54, 1.807) is 0 Å². The molecule has 5 nitrogen and oxygen atoms in total. The molecule has 0 radical (unpaired) electrons. The summed E-state index contributed by atoms with van der Waals surface area (Å²) in [5.41, 5.74) is 0.916. The summed E-state index contributed by atoms with van der Waals surface area (Å²) >= 11 is 0. The van der Waals surface area contributed by atoms with Crippen molar-refractivity contribution in [2.24, 2.45) is 0 Å². The fourth-order valence-electron chi connectivity index (χ4n) is 2.13. The van der Waals surface area contributed by atoms with Gasteiger partial charge < -0.3 is 5.32 Å². The minimum Gasteiger partial charge on any atom is -0.348 e. The monoisotopic (exact) mass is 350 g/mol. The lowest BCUT2D eigenvalue weighted by atomic mass is 10.1. The van der Waals surface area contributed by atoms with Gasteiger partial charge in [0.25, 0.3) is 0 Å². The lowest BCUT2D eigenvalue weighted by Gasteiger charge is -2.19. The highest BCUT2D eigenvalue weighted by molar-refractivity contribution is 7.89. The molecule has 0 aliphatic heterocycles. The fraction of sp³-hybridized carbons (Fsp3) is 0.235. The minimum atomic E-state index is -3.90. The highest BCUT2D eigenvalue weighted by Gasteiger charge is 2.23. The first-order valence-corrected chi connectivity index (χ1v) is 8.91. The molecule has 0 spiro atoms. The Morgan fingerprint density at radius 2 is 1.58 bits per heavy atom. The van der Waals surface area contributed by atoms with E-state index in [4.69, 9.17) is 0 Å². The van der Waals surface area contributed by atoms with Crippen LogP contribution in [0.15, 0.2) is 59.5 Å². The van der Waals surface area contributed by atoms with E-state index in [1.807, 2.05) is 37.3 Å². The van der Waals surface area contributed by atoms with Crippen molar-refractivity contribution in [1.29, 1.82) is 0 Å². The zero-order chi connectivity index (χ0) is 17.7. The first kappa shape index (κ1) is 18.1. The van der Waals surface area contributed by atoms with Gasteiger partial charge in [-0.25, -0.2) is 12.8 Å². The van der Waals surface area contributed by atoms with Crippen LogP contribution in [0.5, 0.6) is 0 Å². The average Bonchev–Trinajstić information content (AvgIpc) is 2.55. The summed E-state index contributed by atoms with van der Waals surface area (Å²) in [4.78, 5) is 12.1. The number of carbonyl (C=O) groups is 1. The van der Waals surface area contributed by atoms with Crippen molar-refractivity contribution in [3.63, 3.8) is 0 Å². The maximum atomic E-state index is 12.9. The van der Waals surface area contributed by atoms with Crippen molar-refractivity contribution in [2.75, 3.05) is 0 Å². The maximum Gasteiger partial charge on any atom is 0.241 e. The molecular weight excluding hydrogens is 331 g/mol. The summed E-state index contributed by atoms with van der Waals surface area (Å²) in [6.07, 6.45) is 0. The van der Waals surface area contributed by atoms with Gasteiger partial charge in [-0.1, -0.05) is 30.3 Å². The first-order valence-electron chi connectivity index (χ1n) is 7.43. The first-order chi connectivity index (χ1) is 11.3. The highest BCUT2D eigenvalue weighted by atomic mass is 32.2. The molecule has 2 aromatic carbocycles. The predicted octanol–water partition coefficient (Wildman–Crippen LogP) is 2.37. The number of nitrogens with one attached hydrogen (secondary N) is 2. The lowest BCUT2D eigenvalue weighted by molar-refractivity contribution is -0.123. The predicted molar refractivity (Wildman–Crippen MR) is 89.2 cm³/mol. The van der Waals surface area contributed by atoms with E-state index < -0.39 is 27.8 Å². The standard InChI is InChI=1S/C17H19FN2O3S/c1-12(14-6-4-3-5-7-14)19-17(21)13(2)20-24(22,23)16-10-8-15(18)9-11-16/h3-13,20H,1-2H3,(H,19,21)/t12-,13+/m0/s1. The number of hydrogen-bond donors (Lipinski definition) is 2. The molecule has 2 N–H and O–H groups in total. The van der Waals surface area contributed by atoms with E-state index in [2.05, 4.69) is 10.0 Å². The summed E-state index contributed by atoms with van der Waals surface area (Å²) in [6.45, 7) is 3.27. The van der Waals surface area contributed by atoms with E-state index >= 15 is 0 Å². The topological polar surface area (TPSA) is 75.3 Å². The number of hydrogen-bond acceptors (Lipinski definition) is 3. The third-order valence-corrected chi connectivity index (χ3v) is 5.06. The van der Waals surface area contributed by atoms with Gasteiger partial charge in [-0.15, -0.1) is 0 Å². The second-order valence-corrected chi connectivity index (χ2v) is 7.15. The Bertz CT molecular complexity index is 792. The van der Waals surface area contributed by atoms with Crippen molar-refractivity contribution < 1.29 is 17.6 Å². The largest absolute Gasteiger partial charge is 0.348 e. The highest BCUT2D eigenvalue weighted by Crippen LogP contribution is 2.13. The summed E-state index contributed by atoms with van der Waals surface area (Å²) in [6, 6.07) is 12.5. The molecule has 2 atom stereocenters. The minimum absolute atomic E-state index is 0.0975. The number of carbonyl (C=O) groups excluding carboxylic acids is 1. The van der Waals surface area contributed by atoms with Crippen LogP contribution < -0.4 is 10.0 Å². The smallest absolute Gasteiger partial charge is 0.241 e. The molecule has 0 saturated heterocycles. The third kappa shape index (κ3) is 4.62. The SMILES string of the molecule is C[C@H](NC(=O)[C@@H](C)NS(=O)(=O)c1ccc(F)cc1)c1ccccc1. The van der Waals surface area contributed by atoms with Gasteiger partial charge in [-0.05, 0) is 43.7 Å². The molecular formula is C17H19FN2O3S. The van der Waals surface area contributed by atoms with E-state index in [0.717, 1.165) is 29.8 Å². The molecule has 0 aliphatic rings. The number of halogens is 1. The van der Waals surface area contributed by atoms with Crippen molar-refractivity contribution in [1.82, 2.24) is 10.0 Å². The molecule has 2 rings (SSSR count). The number of sulfonamides is 1. The van der Waals surface area contributed by atoms with Crippen LogP contribution in [0.1, 0.15) is 25.5 Å². The van der Waals surface area contributed by atoms with E-state index in [-0.39, 0.29) is 10.9 Å². The van der Waals surface area contributed by atoms with Gasteiger partial charge in [-0.3, -0.25) is 4.79 Å². The van der Waals surface area contributed by atoms with E-state index in [1.165, 1.54) is 6.92 Å². The Kier molecular flexibility index (Phi) is 5.69. The van der Waals surface area contributed by atoms with Crippen molar-refractivity contribution in [3.05, 3.63) is 66.0 Å². The summed E-state index contributed by atoms with van der Waals surface area (Å²) in [7, 11) is -3.90. The molecule has 0 fully saturated rings. The van der Waals surface area contributed by atoms with Crippen molar-refractivity contribution in [3.8, 4) is 0 Å². The van der Waals surface area contributed by atoms with Crippen LogP contribution in [0.4, 0.5) is 4.39 Å². The quantitative estimate of drug-likeness (QED) is 0.840. The summed E-state index contributed by atoms with van der Waals surface area (Å²) < 4.78 is 39.6. The van der Waals surface area contributed by atoms with Gasteiger partial charge in [0.05, 0.1) is 17.0 Å². The Morgan fingerprint density at radius 3 is 2.17 bits per heavy atom. The van der Waals surface area contributed by atoms with Gasteiger partial charge >= 0.3 is 0 Å². The molecule has 0 aliphatic carbocycles.